The van der Waals surface area contributed by atoms with Crippen molar-refractivity contribution in [1.29, 1.82) is 0 Å². The molecule has 0 aliphatic carbocycles. The summed E-state index contributed by atoms with van der Waals surface area (Å²) in [6, 6.07) is 9.78. The van der Waals surface area contributed by atoms with Crippen molar-refractivity contribution >= 4 is 17.6 Å². The number of ketones is 1. The second-order valence-corrected chi connectivity index (χ2v) is 6.85. The highest BCUT2D eigenvalue weighted by molar-refractivity contribution is 6.38. The zero-order valence-corrected chi connectivity index (χ0v) is 14.7. The number of hydrogen-bond acceptors (Lipinski definition) is 3. The lowest BCUT2D eigenvalue weighted by Gasteiger charge is -2.30. The van der Waals surface area contributed by atoms with Gasteiger partial charge in [-0.3, -0.25) is 19.4 Å². The van der Waals surface area contributed by atoms with Crippen LogP contribution in [0.2, 0.25) is 0 Å². The van der Waals surface area contributed by atoms with Crippen molar-refractivity contribution in [2.45, 2.75) is 46.5 Å². The molecule has 1 aromatic carbocycles. The van der Waals surface area contributed by atoms with E-state index in [1.165, 1.54) is 10.0 Å². The highest BCUT2D eigenvalue weighted by atomic mass is 16.2. The molecule has 1 aliphatic heterocycles. The first-order chi connectivity index (χ1) is 11.4. The maximum absolute atomic E-state index is 12.5. The Morgan fingerprint density at radius 3 is 2.29 bits per heavy atom. The van der Waals surface area contributed by atoms with Crippen molar-refractivity contribution in [3.8, 4) is 0 Å². The van der Waals surface area contributed by atoms with Gasteiger partial charge >= 0.3 is 5.91 Å². The molecule has 24 heavy (non-hydrogen) atoms. The van der Waals surface area contributed by atoms with E-state index in [-0.39, 0.29) is 5.91 Å². The number of benzene rings is 1. The molecule has 130 valence electrons. The van der Waals surface area contributed by atoms with Gasteiger partial charge in [-0.1, -0.05) is 51.1 Å². The van der Waals surface area contributed by atoms with Crippen LogP contribution in [-0.4, -0.2) is 40.7 Å². The molecule has 0 aromatic heterocycles. The first-order valence-corrected chi connectivity index (χ1v) is 8.57. The van der Waals surface area contributed by atoms with Crippen LogP contribution in [0.5, 0.6) is 0 Å². The van der Waals surface area contributed by atoms with Crippen molar-refractivity contribution in [3.05, 3.63) is 35.9 Å². The molecular weight excluding hydrogens is 304 g/mol. The van der Waals surface area contributed by atoms with Gasteiger partial charge < -0.3 is 0 Å². The summed E-state index contributed by atoms with van der Waals surface area (Å²) in [6.45, 7) is 6.36. The molecule has 1 aliphatic rings. The molecular formula is C19H26N2O3. The van der Waals surface area contributed by atoms with E-state index in [4.69, 9.17) is 0 Å². The molecule has 0 N–H and O–H groups in total. The lowest BCUT2D eigenvalue weighted by Crippen LogP contribution is -2.50. The molecule has 0 spiro atoms. The van der Waals surface area contributed by atoms with Gasteiger partial charge in [0, 0.05) is 24.9 Å². The Morgan fingerprint density at radius 1 is 1.04 bits per heavy atom. The van der Waals surface area contributed by atoms with Gasteiger partial charge in [0.25, 0.3) is 0 Å². The Hall–Kier alpha value is -2.17. The maximum atomic E-state index is 12.5. The van der Waals surface area contributed by atoms with E-state index in [0.29, 0.717) is 38.8 Å². The fraction of sp³-hybridized carbons (Fsp3) is 0.526. The van der Waals surface area contributed by atoms with Gasteiger partial charge in [0.1, 0.15) is 0 Å². The quantitative estimate of drug-likeness (QED) is 0.753. The summed E-state index contributed by atoms with van der Waals surface area (Å²) in [5.41, 5.74) is 0.393. The number of amides is 2. The summed E-state index contributed by atoms with van der Waals surface area (Å²) in [7, 11) is 0. The van der Waals surface area contributed by atoms with Crippen molar-refractivity contribution in [3.63, 3.8) is 0 Å². The molecule has 0 radical (unpaired) electrons. The van der Waals surface area contributed by atoms with Crippen LogP contribution in [0.15, 0.2) is 30.3 Å². The Balaban J connectivity index is 2.00. The second kappa shape index (κ2) is 7.60. The largest absolute Gasteiger partial charge is 0.309 e. The van der Waals surface area contributed by atoms with Crippen LogP contribution >= 0.6 is 0 Å². The molecule has 0 bridgehead atoms. The van der Waals surface area contributed by atoms with E-state index in [1.54, 1.807) is 13.8 Å². The normalized spacial score (nSPS) is 14.8. The average molecular weight is 330 g/mol. The monoisotopic (exact) mass is 330 g/mol. The van der Waals surface area contributed by atoms with Crippen LogP contribution in [0, 0.1) is 5.41 Å². The smallest absolute Gasteiger partial charge is 0.288 e. The van der Waals surface area contributed by atoms with E-state index in [1.807, 2.05) is 37.3 Å². The molecule has 0 unspecified atom stereocenters. The number of nitrogens with zero attached hydrogens (tertiary/aromatic N) is 2. The number of rotatable bonds is 6. The third-order valence-electron chi connectivity index (χ3n) is 4.72. The molecule has 1 aromatic rings. The Labute approximate surface area is 143 Å². The molecule has 5 nitrogen and oxygen atoms in total. The van der Waals surface area contributed by atoms with Crippen molar-refractivity contribution in [1.82, 2.24) is 10.0 Å². The zero-order valence-electron chi connectivity index (χ0n) is 14.7. The predicted octanol–water partition coefficient (Wildman–Crippen LogP) is 2.60. The number of hydrazine groups is 1. The van der Waals surface area contributed by atoms with Gasteiger partial charge in [-0.25, -0.2) is 5.01 Å². The van der Waals surface area contributed by atoms with E-state index < -0.39 is 17.1 Å². The Kier molecular flexibility index (Phi) is 5.75. The fourth-order valence-corrected chi connectivity index (χ4v) is 2.67. The molecule has 5 heteroatoms. The molecule has 2 amide bonds. The second-order valence-electron chi connectivity index (χ2n) is 6.85. The number of aryl methyl sites for hydroxylation is 1. The standard InChI is InChI=1S/C19H26N2O3/c1-4-19(2,3)17(23)18(24)21-14-8-13-20(21)16(22)12-11-15-9-6-5-7-10-15/h5-7,9-10H,4,8,11-14H2,1-3H3. The highest BCUT2D eigenvalue weighted by Crippen LogP contribution is 2.24. The minimum absolute atomic E-state index is 0.105. The van der Waals surface area contributed by atoms with Crippen LogP contribution in [0.25, 0.3) is 0 Å². The first-order valence-electron chi connectivity index (χ1n) is 8.57. The number of Topliss-reactive ketones (excluding diaryl/α,β-unsaturated/α-hetero) is 1. The van der Waals surface area contributed by atoms with Gasteiger partial charge in [0.2, 0.25) is 11.7 Å². The van der Waals surface area contributed by atoms with Gasteiger partial charge in [-0.15, -0.1) is 0 Å². The highest BCUT2D eigenvalue weighted by Gasteiger charge is 2.39. The van der Waals surface area contributed by atoms with E-state index in [9.17, 15) is 14.4 Å². The summed E-state index contributed by atoms with van der Waals surface area (Å²) in [6.07, 6.45) is 2.27. The van der Waals surface area contributed by atoms with Crippen LogP contribution in [0.3, 0.4) is 0 Å². The maximum Gasteiger partial charge on any atom is 0.309 e. The van der Waals surface area contributed by atoms with Gasteiger partial charge in [-0.05, 0) is 24.8 Å². The van der Waals surface area contributed by atoms with Crippen molar-refractivity contribution in [2.24, 2.45) is 5.41 Å². The summed E-state index contributed by atoms with van der Waals surface area (Å²) >= 11 is 0. The SMILES string of the molecule is CCC(C)(C)C(=O)C(=O)N1CCCN1C(=O)CCc1ccccc1. The third-order valence-corrected chi connectivity index (χ3v) is 4.72. The lowest BCUT2D eigenvalue weighted by atomic mass is 9.85. The number of carbonyl (C=O) groups excluding carboxylic acids is 3. The number of carbonyl (C=O) groups is 3. The van der Waals surface area contributed by atoms with Crippen molar-refractivity contribution in [2.75, 3.05) is 13.1 Å². The van der Waals surface area contributed by atoms with E-state index in [2.05, 4.69) is 0 Å². The topological polar surface area (TPSA) is 57.7 Å². The van der Waals surface area contributed by atoms with E-state index >= 15 is 0 Å². The number of hydrogen-bond donors (Lipinski definition) is 0. The fourth-order valence-electron chi connectivity index (χ4n) is 2.67. The first kappa shape index (κ1) is 18.2. The van der Waals surface area contributed by atoms with E-state index in [0.717, 1.165) is 5.56 Å². The summed E-state index contributed by atoms with van der Waals surface area (Å²) < 4.78 is 0. The summed E-state index contributed by atoms with van der Waals surface area (Å²) in [5.74, 6) is -1.09. The van der Waals surface area contributed by atoms with Gasteiger partial charge in [0.15, 0.2) is 0 Å². The van der Waals surface area contributed by atoms with Gasteiger partial charge in [0.05, 0.1) is 0 Å². The Bertz CT molecular complexity index is 610. The average Bonchev–Trinajstić information content (AvgIpc) is 3.09. The van der Waals surface area contributed by atoms with Crippen LogP contribution in [0.4, 0.5) is 0 Å². The third kappa shape index (κ3) is 4.02. The van der Waals surface area contributed by atoms with Crippen LogP contribution in [-0.2, 0) is 20.8 Å². The van der Waals surface area contributed by atoms with Gasteiger partial charge in [-0.2, -0.15) is 0 Å². The zero-order chi connectivity index (χ0) is 17.7. The van der Waals surface area contributed by atoms with Crippen LogP contribution < -0.4 is 0 Å². The lowest BCUT2D eigenvalue weighted by molar-refractivity contribution is -0.164. The molecule has 1 saturated heterocycles. The summed E-state index contributed by atoms with van der Waals surface area (Å²) in [5, 5.41) is 2.79. The molecule has 2 rings (SSSR count). The Morgan fingerprint density at radius 2 is 1.67 bits per heavy atom. The minimum Gasteiger partial charge on any atom is -0.288 e. The molecule has 1 heterocycles. The summed E-state index contributed by atoms with van der Waals surface area (Å²) in [4.78, 5) is 37.4. The molecule has 0 atom stereocenters. The molecule has 1 fully saturated rings. The van der Waals surface area contributed by atoms with Crippen LogP contribution in [0.1, 0.15) is 45.6 Å². The predicted molar refractivity (Wildman–Crippen MR) is 91.9 cm³/mol. The minimum atomic E-state index is -0.696. The van der Waals surface area contributed by atoms with Crippen molar-refractivity contribution < 1.29 is 14.4 Å². The molecule has 0 saturated carbocycles.